The van der Waals surface area contributed by atoms with Crippen LogP contribution in [0.3, 0.4) is 0 Å². The van der Waals surface area contributed by atoms with Crippen molar-refractivity contribution in [3.63, 3.8) is 0 Å². The molecule has 0 unspecified atom stereocenters. The van der Waals surface area contributed by atoms with Crippen molar-refractivity contribution < 1.29 is 15.0 Å². The fourth-order valence-electron chi connectivity index (χ4n) is 0.698. The quantitative estimate of drug-likeness (QED) is 0.771. The highest BCUT2D eigenvalue weighted by molar-refractivity contribution is 14.1. The maximum atomic E-state index is 10.5. The summed E-state index contributed by atoms with van der Waals surface area (Å²) in [5, 5.41) is 17.8. The Hall–Kier alpha value is -0.300. The normalized spacial score (nSPS) is 9.83. The average molecular weight is 343 g/mol. The first-order valence-electron chi connectivity index (χ1n) is 2.93. The van der Waals surface area contributed by atoms with E-state index in [0.29, 0.717) is 8.04 Å². The molecule has 0 radical (unpaired) electrons. The predicted octanol–water partition coefficient (Wildman–Crippen LogP) is 2.46. The Bertz CT molecular complexity index is 314. The Kier molecular flexibility index (Phi) is 2.94. The minimum Gasteiger partial charge on any atom is -0.507 e. The van der Waals surface area contributed by atoms with Crippen LogP contribution < -0.4 is 0 Å². The molecule has 64 valence electrons. The number of benzene rings is 1. The van der Waals surface area contributed by atoms with Gasteiger partial charge in [0.05, 0.1) is 10.0 Å². The van der Waals surface area contributed by atoms with Crippen LogP contribution >= 0.6 is 38.5 Å². The minimum atomic E-state index is -1.05. The second-order valence-corrected chi connectivity index (χ2v) is 4.05. The number of phenolic OH excluding ortho intramolecular Hbond substituents is 1. The van der Waals surface area contributed by atoms with E-state index in [-0.39, 0.29) is 11.3 Å². The summed E-state index contributed by atoms with van der Waals surface area (Å²) < 4.78 is 1.19. The van der Waals surface area contributed by atoms with Gasteiger partial charge in [0.2, 0.25) is 0 Å². The van der Waals surface area contributed by atoms with Crippen molar-refractivity contribution in [2.24, 2.45) is 0 Å². The molecule has 1 aromatic rings. The molecule has 1 aromatic carbocycles. The van der Waals surface area contributed by atoms with Gasteiger partial charge in [-0.2, -0.15) is 0 Å². The molecule has 0 atom stereocenters. The van der Waals surface area contributed by atoms with Gasteiger partial charge >= 0.3 is 5.97 Å². The van der Waals surface area contributed by atoms with Crippen LogP contribution in [0, 0.1) is 3.57 Å². The first-order chi connectivity index (χ1) is 5.52. The molecule has 0 saturated carbocycles. The van der Waals surface area contributed by atoms with Gasteiger partial charge in [0, 0.05) is 3.57 Å². The molecule has 0 aromatic heterocycles. The summed E-state index contributed by atoms with van der Waals surface area (Å²) in [5.74, 6) is -1.10. The first-order valence-corrected chi connectivity index (χ1v) is 4.81. The van der Waals surface area contributed by atoms with Gasteiger partial charge in [-0.3, -0.25) is 0 Å². The van der Waals surface area contributed by atoms with E-state index in [1.54, 1.807) is 0 Å². The number of hydrogen-bond acceptors (Lipinski definition) is 2. The molecule has 0 amide bonds. The van der Waals surface area contributed by atoms with Crippen LogP contribution in [0.5, 0.6) is 5.75 Å². The minimum absolute atomic E-state index is 0.0562. The van der Waals surface area contributed by atoms with Gasteiger partial charge in [0.25, 0.3) is 0 Å². The number of aromatic carboxylic acids is 1. The number of aromatic hydroxyl groups is 1. The summed E-state index contributed by atoms with van der Waals surface area (Å²) in [6.45, 7) is 0. The van der Waals surface area contributed by atoms with E-state index in [1.165, 1.54) is 12.1 Å². The molecule has 2 N–H and O–H groups in total. The van der Waals surface area contributed by atoms with E-state index in [2.05, 4.69) is 15.9 Å². The number of rotatable bonds is 1. The number of phenols is 1. The van der Waals surface area contributed by atoms with Gasteiger partial charge in [-0.15, -0.1) is 0 Å². The van der Waals surface area contributed by atoms with E-state index >= 15 is 0 Å². The van der Waals surface area contributed by atoms with Gasteiger partial charge in [-0.05, 0) is 50.7 Å². The summed E-state index contributed by atoms with van der Waals surface area (Å²) >= 11 is 5.05. The van der Waals surface area contributed by atoms with Crippen molar-refractivity contribution >= 4 is 44.5 Å². The van der Waals surface area contributed by atoms with Crippen LogP contribution in [0.4, 0.5) is 0 Å². The fraction of sp³-hybridized carbons (Fsp3) is 0. The van der Waals surface area contributed by atoms with Crippen LogP contribution in [-0.4, -0.2) is 16.2 Å². The third kappa shape index (κ3) is 1.89. The number of carboxylic acids is 1. The van der Waals surface area contributed by atoms with Crippen LogP contribution in [-0.2, 0) is 0 Å². The van der Waals surface area contributed by atoms with E-state index in [0.717, 1.165) is 0 Å². The SMILES string of the molecule is O=C(O)c1cc(O)c(Br)c(I)c1. The van der Waals surface area contributed by atoms with E-state index in [9.17, 15) is 9.90 Å². The molecule has 0 aliphatic heterocycles. The average Bonchev–Trinajstić information content (AvgIpc) is 1.99. The molecule has 0 spiro atoms. The van der Waals surface area contributed by atoms with Gasteiger partial charge < -0.3 is 10.2 Å². The molecular weight excluding hydrogens is 339 g/mol. The molecule has 5 heteroatoms. The highest BCUT2D eigenvalue weighted by Crippen LogP contribution is 2.30. The van der Waals surface area contributed by atoms with Crippen LogP contribution in [0.2, 0.25) is 0 Å². The highest BCUT2D eigenvalue weighted by Gasteiger charge is 2.09. The third-order valence-corrected chi connectivity index (χ3v) is 3.68. The van der Waals surface area contributed by atoms with E-state index in [4.69, 9.17) is 5.11 Å². The Morgan fingerprint density at radius 2 is 2.08 bits per heavy atom. The Balaban J connectivity index is 3.31. The van der Waals surface area contributed by atoms with Crippen molar-refractivity contribution in [1.29, 1.82) is 0 Å². The second-order valence-electron chi connectivity index (χ2n) is 2.10. The van der Waals surface area contributed by atoms with Crippen LogP contribution in [0.25, 0.3) is 0 Å². The Morgan fingerprint density at radius 1 is 1.50 bits per heavy atom. The number of carbonyl (C=O) groups is 1. The molecule has 3 nitrogen and oxygen atoms in total. The lowest BCUT2D eigenvalue weighted by molar-refractivity contribution is 0.0696. The van der Waals surface area contributed by atoms with Gasteiger partial charge in [0.1, 0.15) is 5.75 Å². The largest absolute Gasteiger partial charge is 0.507 e. The van der Waals surface area contributed by atoms with Gasteiger partial charge in [-0.1, -0.05) is 0 Å². The topological polar surface area (TPSA) is 57.5 Å². The molecular formula is C7H4BrIO3. The molecule has 0 aliphatic carbocycles. The zero-order valence-corrected chi connectivity index (χ0v) is 9.46. The maximum absolute atomic E-state index is 10.5. The highest BCUT2D eigenvalue weighted by atomic mass is 127. The molecule has 1 rings (SSSR count). The van der Waals surface area contributed by atoms with Crippen molar-refractivity contribution in [3.8, 4) is 5.75 Å². The lowest BCUT2D eigenvalue weighted by Gasteiger charge is -2.01. The summed E-state index contributed by atoms with van der Waals surface area (Å²) in [5.41, 5.74) is 0.0834. The lowest BCUT2D eigenvalue weighted by atomic mass is 10.2. The van der Waals surface area contributed by atoms with Crippen LogP contribution in [0.15, 0.2) is 16.6 Å². The Morgan fingerprint density at radius 3 is 2.50 bits per heavy atom. The summed E-state index contributed by atoms with van der Waals surface area (Å²) in [6, 6.07) is 2.68. The first kappa shape index (κ1) is 9.79. The number of halogens is 2. The molecule has 12 heavy (non-hydrogen) atoms. The summed E-state index contributed by atoms with van der Waals surface area (Å²) in [6.07, 6.45) is 0. The molecule has 0 saturated heterocycles. The van der Waals surface area contributed by atoms with E-state index in [1.807, 2.05) is 22.6 Å². The van der Waals surface area contributed by atoms with Crippen molar-refractivity contribution in [2.45, 2.75) is 0 Å². The zero-order valence-electron chi connectivity index (χ0n) is 5.71. The summed E-state index contributed by atoms with van der Waals surface area (Å²) in [4.78, 5) is 10.5. The van der Waals surface area contributed by atoms with Gasteiger partial charge in [0.15, 0.2) is 0 Å². The third-order valence-electron chi connectivity index (χ3n) is 1.26. The number of hydrogen-bond donors (Lipinski definition) is 2. The second kappa shape index (κ2) is 3.61. The Labute approximate surface area is 90.7 Å². The fourth-order valence-corrected chi connectivity index (χ4v) is 1.54. The molecule has 0 bridgehead atoms. The molecule has 0 heterocycles. The van der Waals surface area contributed by atoms with E-state index < -0.39 is 5.97 Å². The summed E-state index contributed by atoms with van der Waals surface area (Å²) in [7, 11) is 0. The molecule has 0 aliphatic rings. The monoisotopic (exact) mass is 342 g/mol. The van der Waals surface area contributed by atoms with Crippen molar-refractivity contribution in [3.05, 3.63) is 25.7 Å². The predicted molar refractivity (Wildman–Crippen MR) is 55.5 cm³/mol. The van der Waals surface area contributed by atoms with Crippen molar-refractivity contribution in [1.82, 2.24) is 0 Å². The lowest BCUT2D eigenvalue weighted by Crippen LogP contribution is -1.96. The van der Waals surface area contributed by atoms with Crippen molar-refractivity contribution in [2.75, 3.05) is 0 Å². The zero-order chi connectivity index (χ0) is 9.30. The number of carboxylic acid groups (broad SMARTS) is 1. The maximum Gasteiger partial charge on any atom is 0.335 e. The standard InChI is InChI=1S/C7H4BrIO3/c8-6-4(9)1-3(7(11)12)2-5(6)10/h1-2,10H,(H,11,12). The smallest absolute Gasteiger partial charge is 0.335 e. The van der Waals surface area contributed by atoms with Gasteiger partial charge in [-0.25, -0.2) is 4.79 Å². The molecule has 0 fully saturated rings. The van der Waals surface area contributed by atoms with Crippen LogP contribution in [0.1, 0.15) is 10.4 Å².